The van der Waals surface area contributed by atoms with Gasteiger partial charge in [-0.3, -0.25) is 4.98 Å². The minimum atomic E-state index is 0.234. The van der Waals surface area contributed by atoms with E-state index in [1.54, 1.807) is 13.3 Å². The van der Waals surface area contributed by atoms with Gasteiger partial charge in [0.1, 0.15) is 5.75 Å². The Morgan fingerprint density at radius 3 is 2.73 bits per heavy atom. The Bertz CT molecular complexity index is 355. The molecule has 0 radical (unpaired) electrons. The molecule has 0 saturated heterocycles. The van der Waals surface area contributed by atoms with Crippen LogP contribution in [0.25, 0.3) is 0 Å². The Morgan fingerprint density at radius 2 is 2.20 bits per heavy atom. The lowest BCUT2D eigenvalue weighted by Gasteiger charge is -2.18. The second-order valence-electron chi connectivity index (χ2n) is 3.87. The van der Waals surface area contributed by atoms with Crippen molar-refractivity contribution in [3.63, 3.8) is 0 Å². The summed E-state index contributed by atoms with van der Waals surface area (Å²) in [5, 5.41) is 8.77. The minimum absolute atomic E-state index is 0.234. The van der Waals surface area contributed by atoms with Crippen LogP contribution in [0.1, 0.15) is 31.7 Å². The molecule has 3 heteroatoms. The third-order valence-corrected chi connectivity index (χ3v) is 2.51. The molecular weight excluding hydrogens is 188 g/mol. The first kappa shape index (κ1) is 11.5. The topological polar surface area (TPSA) is 45.9 Å². The van der Waals surface area contributed by atoms with Crippen LogP contribution in [0.15, 0.2) is 18.5 Å². The zero-order valence-electron chi connectivity index (χ0n) is 9.40. The second-order valence-corrected chi connectivity index (χ2v) is 3.87. The summed E-state index contributed by atoms with van der Waals surface area (Å²) >= 11 is 0. The molecule has 0 aliphatic rings. The average Bonchev–Trinajstić information content (AvgIpc) is 2.25. The molecule has 1 rings (SSSR count). The lowest BCUT2D eigenvalue weighted by atomic mass is 9.87. The van der Waals surface area contributed by atoms with Crippen LogP contribution in [0, 0.1) is 17.2 Å². The van der Waals surface area contributed by atoms with Crippen molar-refractivity contribution in [2.75, 3.05) is 7.11 Å². The molecule has 1 atom stereocenters. The predicted molar refractivity (Wildman–Crippen MR) is 58.6 cm³/mol. The fourth-order valence-electron chi connectivity index (χ4n) is 1.59. The first-order valence-electron chi connectivity index (χ1n) is 5.05. The van der Waals surface area contributed by atoms with Crippen LogP contribution in [0.4, 0.5) is 0 Å². The molecule has 0 N–H and O–H groups in total. The third kappa shape index (κ3) is 2.95. The van der Waals surface area contributed by atoms with Gasteiger partial charge in [-0.05, 0) is 17.5 Å². The van der Waals surface area contributed by atoms with E-state index in [2.05, 4.69) is 24.9 Å². The second kappa shape index (κ2) is 5.35. The number of hydrogen-bond acceptors (Lipinski definition) is 3. The first-order chi connectivity index (χ1) is 7.19. The molecular formula is C12H16N2O. The predicted octanol–water partition coefficient (Wildman–Crippen LogP) is 2.74. The van der Waals surface area contributed by atoms with Crippen molar-refractivity contribution in [2.24, 2.45) is 5.92 Å². The fourth-order valence-corrected chi connectivity index (χ4v) is 1.59. The van der Waals surface area contributed by atoms with Crippen molar-refractivity contribution in [3.05, 3.63) is 24.0 Å². The molecule has 1 unspecified atom stereocenters. The van der Waals surface area contributed by atoms with E-state index >= 15 is 0 Å². The number of rotatable bonds is 4. The molecule has 80 valence electrons. The standard InChI is InChI=1S/C12H16N2O/c1-9(2)12(4-5-13)10-6-11(15-3)8-14-7-10/h6-9,12H,4H2,1-3H3. The van der Waals surface area contributed by atoms with E-state index in [1.165, 1.54) is 0 Å². The van der Waals surface area contributed by atoms with Crippen LogP contribution in [0.3, 0.4) is 0 Å². The molecule has 0 aromatic carbocycles. The summed E-state index contributed by atoms with van der Waals surface area (Å²) in [6, 6.07) is 4.17. The molecule has 0 saturated carbocycles. The summed E-state index contributed by atoms with van der Waals surface area (Å²) in [5.41, 5.74) is 1.07. The number of pyridine rings is 1. The summed E-state index contributed by atoms with van der Waals surface area (Å²) < 4.78 is 5.12. The van der Waals surface area contributed by atoms with Crippen LogP contribution >= 0.6 is 0 Å². The Kier molecular flexibility index (Phi) is 4.11. The zero-order valence-corrected chi connectivity index (χ0v) is 9.40. The number of ether oxygens (including phenoxy) is 1. The highest BCUT2D eigenvalue weighted by Gasteiger charge is 2.16. The van der Waals surface area contributed by atoms with Gasteiger partial charge in [0.25, 0.3) is 0 Å². The third-order valence-electron chi connectivity index (χ3n) is 2.51. The van der Waals surface area contributed by atoms with E-state index in [0.717, 1.165) is 11.3 Å². The van der Waals surface area contributed by atoms with Gasteiger partial charge in [-0.1, -0.05) is 13.8 Å². The van der Waals surface area contributed by atoms with Crippen LogP contribution in [-0.4, -0.2) is 12.1 Å². The maximum Gasteiger partial charge on any atom is 0.137 e. The number of methoxy groups -OCH3 is 1. The Morgan fingerprint density at radius 1 is 1.47 bits per heavy atom. The maximum absolute atomic E-state index is 8.77. The summed E-state index contributed by atoms with van der Waals surface area (Å²) in [5.74, 6) is 1.41. The van der Waals surface area contributed by atoms with Gasteiger partial charge in [0, 0.05) is 18.5 Å². The molecule has 1 heterocycles. The van der Waals surface area contributed by atoms with Crippen molar-refractivity contribution < 1.29 is 4.74 Å². The van der Waals surface area contributed by atoms with Gasteiger partial charge >= 0.3 is 0 Å². The summed E-state index contributed by atoms with van der Waals surface area (Å²) in [4.78, 5) is 4.11. The van der Waals surface area contributed by atoms with E-state index in [-0.39, 0.29) is 5.92 Å². The normalized spacial score (nSPS) is 12.2. The van der Waals surface area contributed by atoms with E-state index in [1.807, 2.05) is 12.3 Å². The average molecular weight is 204 g/mol. The Labute approximate surface area is 90.7 Å². The number of nitrogens with zero attached hydrogens (tertiary/aromatic N) is 2. The van der Waals surface area contributed by atoms with E-state index in [9.17, 15) is 0 Å². The van der Waals surface area contributed by atoms with Gasteiger partial charge in [0.15, 0.2) is 0 Å². The van der Waals surface area contributed by atoms with Gasteiger partial charge in [-0.15, -0.1) is 0 Å². The Hall–Kier alpha value is -1.56. The lowest BCUT2D eigenvalue weighted by Crippen LogP contribution is -2.06. The van der Waals surface area contributed by atoms with E-state index in [0.29, 0.717) is 12.3 Å². The maximum atomic E-state index is 8.77. The lowest BCUT2D eigenvalue weighted by molar-refractivity contribution is 0.410. The van der Waals surface area contributed by atoms with Crippen molar-refractivity contribution in [3.8, 4) is 11.8 Å². The monoisotopic (exact) mass is 204 g/mol. The molecule has 0 aliphatic heterocycles. The minimum Gasteiger partial charge on any atom is -0.495 e. The molecule has 1 aromatic rings. The molecule has 15 heavy (non-hydrogen) atoms. The molecule has 0 amide bonds. The zero-order chi connectivity index (χ0) is 11.3. The molecule has 0 aliphatic carbocycles. The van der Waals surface area contributed by atoms with E-state index in [4.69, 9.17) is 10.00 Å². The molecule has 0 spiro atoms. The fraction of sp³-hybridized carbons (Fsp3) is 0.500. The van der Waals surface area contributed by atoms with Crippen molar-refractivity contribution in [1.82, 2.24) is 4.98 Å². The van der Waals surface area contributed by atoms with Crippen molar-refractivity contribution in [1.29, 1.82) is 5.26 Å². The van der Waals surface area contributed by atoms with Gasteiger partial charge in [-0.25, -0.2) is 0 Å². The van der Waals surface area contributed by atoms with Gasteiger partial charge in [0.2, 0.25) is 0 Å². The summed E-state index contributed by atoms with van der Waals surface area (Å²) in [7, 11) is 1.62. The molecule has 0 fully saturated rings. The number of hydrogen-bond donors (Lipinski definition) is 0. The van der Waals surface area contributed by atoms with Gasteiger partial charge in [0.05, 0.1) is 19.4 Å². The quantitative estimate of drug-likeness (QED) is 0.757. The highest BCUT2D eigenvalue weighted by Crippen LogP contribution is 2.28. The van der Waals surface area contributed by atoms with Crippen molar-refractivity contribution >= 4 is 0 Å². The molecule has 1 aromatic heterocycles. The summed E-state index contributed by atoms with van der Waals surface area (Å²) in [6.45, 7) is 4.23. The van der Waals surface area contributed by atoms with E-state index < -0.39 is 0 Å². The van der Waals surface area contributed by atoms with Gasteiger partial charge < -0.3 is 4.74 Å². The van der Waals surface area contributed by atoms with Crippen LogP contribution in [0.2, 0.25) is 0 Å². The molecule has 3 nitrogen and oxygen atoms in total. The number of nitriles is 1. The Balaban J connectivity index is 2.95. The SMILES string of the molecule is COc1cncc(C(CC#N)C(C)C)c1. The van der Waals surface area contributed by atoms with Crippen LogP contribution < -0.4 is 4.74 Å². The first-order valence-corrected chi connectivity index (χ1v) is 5.05. The van der Waals surface area contributed by atoms with Crippen LogP contribution in [-0.2, 0) is 0 Å². The van der Waals surface area contributed by atoms with Gasteiger partial charge in [-0.2, -0.15) is 5.26 Å². The highest BCUT2D eigenvalue weighted by molar-refractivity contribution is 5.27. The highest BCUT2D eigenvalue weighted by atomic mass is 16.5. The largest absolute Gasteiger partial charge is 0.495 e. The molecule has 0 bridgehead atoms. The van der Waals surface area contributed by atoms with Crippen molar-refractivity contribution in [2.45, 2.75) is 26.2 Å². The summed E-state index contributed by atoms with van der Waals surface area (Å²) in [6.07, 6.45) is 4.00. The smallest absolute Gasteiger partial charge is 0.137 e. The van der Waals surface area contributed by atoms with Crippen LogP contribution in [0.5, 0.6) is 5.75 Å². The number of aromatic nitrogens is 1.